The molecule has 2 aromatic heterocycles. The molecule has 2 aromatic carbocycles. The molecule has 0 unspecified atom stereocenters. The molecular weight excluding hydrogens is 415 g/mol. The van der Waals surface area contributed by atoms with Crippen LogP contribution in [0, 0.1) is 11.2 Å². The molecule has 0 aliphatic heterocycles. The van der Waals surface area contributed by atoms with Crippen molar-refractivity contribution < 1.29 is 14.2 Å². The number of aromatic nitrogens is 6. The van der Waals surface area contributed by atoms with Crippen LogP contribution in [0.5, 0.6) is 0 Å². The van der Waals surface area contributed by atoms with Gasteiger partial charge < -0.3 is 0 Å². The van der Waals surface area contributed by atoms with E-state index in [0.717, 1.165) is 11.6 Å². The highest BCUT2D eigenvalue weighted by molar-refractivity contribution is 6.31. The summed E-state index contributed by atoms with van der Waals surface area (Å²) in [6, 6.07) is 13.2. The number of benzene rings is 2. The number of anilines is 1. The van der Waals surface area contributed by atoms with Gasteiger partial charge in [0, 0.05) is 6.42 Å². The first-order valence-electron chi connectivity index (χ1n) is 8.66. The first kappa shape index (κ1) is 19.6. The number of tetrazole rings is 1. The van der Waals surface area contributed by atoms with Crippen LogP contribution in [0.2, 0.25) is 5.02 Å². The van der Waals surface area contributed by atoms with E-state index in [0.29, 0.717) is 17.3 Å². The summed E-state index contributed by atoms with van der Waals surface area (Å²) < 4.78 is 19.6. The predicted octanol–water partition coefficient (Wildman–Crippen LogP) is 2.71. The molecule has 4 rings (SSSR count). The Hall–Kier alpha value is -3.70. The topological polar surface area (TPSA) is 130 Å². The highest BCUT2D eigenvalue weighted by Crippen LogP contribution is 2.23. The third-order valence-electron chi connectivity index (χ3n) is 4.25. The molecule has 0 atom stereocenters. The van der Waals surface area contributed by atoms with Gasteiger partial charge in [-0.1, -0.05) is 47.1 Å². The van der Waals surface area contributed by atoms with Crippen molar-refractivity contribution in [2.24, 2.45) is 0 Å². The van der Waals surface area contributed by atoms with Gasteiger partial charge in [0.2, 0.25) is 0 Å². The van der Waals surface area contributed by atoms with Gasteiger partial charge in [-0.25, -0.2) is 18.8 Å². The van der Waals surface area contributed by atoms with Gasteiger partial charge in [0.25, 0.3) is 0 Å². The SMILES string of the molecule is N=C(c1nonc1Cn1nnnc1Cc1ccccc1)N(O)c1ccc(F)c(Cl)c1. The molecular formula is C18H14ClFN8O2. The van der Waals surface area contributed by atoms with E-state index in [1.165, 1.54) is 16.8 Å². The molecule has 0 radical (unpaired) electrons. The number of nitrogens with zero attached hydrogens (tertiary/aromatic N) is 7. The van der Waals surface area contributed by atoms with Crippen LogP contribution in [0.4, 0.5) is 10.1 Å². The maximum absolute atomic E-state index is 13.4. The number of hydrogen-bond donors (Lipinski definition) is 2. The third kappa shape index (κ3) is 4.02. The fourth-order valence-electron chi connectivity index (χ4n) is 2.73. The Bertz CT molecular complexity index is 1180. The smallest absolute Gasteiger partial charge is 0.182 e. The van der Waals surface area contributed by atoms with Crippen molar-refractivity contribution in [1.29, 1.82) is 5.41 Å². The molecule has 0 saturated heterocycles. The first-order valence-corrected chi connectivity index (χ1v) is 9.04. The number of hydroxylamine groups is 1. The van der Waals surface area contributed by atoms with Crippen molar-refractivity contribution >= 4 is 23.1 Å². The predicted molar refractivity (Wildman–Crippen MR) is 103 cm³/mol. The van der Waals surface area contributed by atoms with Crippen molar-refractivity contribution in [3.63, 3.8) is 0 Å². The normalized spacial score (nSPS) is 10.9. The van der Waals surface area contributed by atoms with E-state index in [-0.39, 0.29) is 28.6 Å². The molecule has 0 saturated carbocycles. The minimum atomic E-state index is -0.645. The van der Waals surface area contributed by atoms with Crippen LogP contribution >= 0.6 is 11.6 Å². The molecule has 2 heterocycles. The van der Waals surface area contributed by atoms with E-state index in [9.17, 15) is 9.60 Å². The molecule has 0 aliphatic rings. The molecule has 30 heavy (non-hydrogen) atoms. The standard InChI is InChI=1S/C18H14ClFN8O2/c19-13-9-12(6-7-14(13)20)28(29)18(21)17-15(23-30-24-17)10-27-16(22-25-26-27)8-11-4-2-1-3-5-11/h1-7,9,21,29H,8,10H2. The molecule has 152 valence electrons. The fourth-order valence-corrected chi connectivity index (χ4v) is 2.90. The summed E-state index contributed by atoms with van der Waals surface area (Å²) >= 11 is 5.74. The molecule has 2 N–H and O–H groups in total. The maximum atomic E-state index is 13.4. The van der Waals surface area contributed by atoms with Crippen LogP contribution in [0.25, 0.3) is 0 Å². The summed E-state index contributed by atoms with van der Waals surface area (Å²) in [5.74, 6) is -0.506. The van der Waals surface area contributed by atoms with E-state index in [4.69, 9.17) is 21.6 Å². The summed E-state index contributed by atoms with van der Waals surface area (Å²) in [6.45, 7) is 0.0639. The molecule has 0 aliphatic carbocycles. The van der Waals surface area contributed by atoms with Gasteiger partial charge in [-0.05, 0) is 39.3 Å². The zero-order valence-electron chi connectivity index (χ0n) is 15.3. The number of amidine groups is 1. The Kier molecular flexibility index (Phi) is 5.46. The van der Waals surface area contributed by atoms with Crippen LogP contribution in [0.1, 0.15) is 22.8 Å². The van der Waals surface area contributed by atoms with Crippen molar-refractivity contribution in [2.75, 3.05) is 5.06 Å². The summed E-state index contributed by atoms with van der Waals surface area (Å²) in [6.07, 6.45) is 0.492. The number of hydrogen-bond acceptors (Lipinski definition) is 8. The quantitative estimate of drug-likeness (QED) is 0.272. The lowest BCUT2D eigenvalue weighted by Crippen LogP contribution is -2.28. The van der Waals surface area contributed by atoms with Gasteiger partial charge in [-0.15, -0.1) is 5.10 Å². The van der Waals surface area contributed by atoms with Crippen LogP contribution in [0.3, 0.4) is 0 Å². The summed E-state index contributed by atoms with van der Waals surface area (Å²) in [4.78, 5) is 0. The minimum absolute atomic E-state index is 0.0286. The van der Waals surface area contributed by atoms with Crippen LogP contribution in [0.15, 0.2) is 53.2 Å². The molecule has 4 aromatic rings. The monoisotopic (exact) mass is 428 g/mol. The lowest BCUT2D eigenvalue weighted by atomic mass is 10.1. The van der Waals surface area contributed by atoms with Gasteiger partial charge in [0.1, 0.15) is 11.5 Å². The lowest BCUT2D eigenvalue weighted by molar-refractivity contribution is 0.297. The van der Waals surface area contributed by atoms with Gasteiger partial charge >= 0.3 is 0 Å². The average molecular weight is 429 g/mol. The zero-order valence-corrected chi connectivity index (χ0v) is 16.0. The molecule has 0 bridgehead atoms. The summed E-state index contributed by atoms with van der Waals surface area (Å²) in [7, 11) is 0. The van der Waals surface area contributed by atoms with E-state index >= 15 is 0 Å². The lowest BCUT2D eigenvalue weighted by Gasteiger charge is -2.16. The third-order valence-corrected chi connectivity index (χ3v) is 4.54. The summed E-state index contributed by atoms with van der Waals surface area (Å²) in [5.41, 5.74) is 1.30. The van der Waals surface area contributed by atoms with Crippen LogP contribution in [-0.2, 0) is 13.0 Å². The van der Waals surface area contributed by atoms with E-state index in [1.54, 1.807) is 0 Å². The highest BCUT2D eigenvalue weighted by atomic mass is 35.5. The summed E-state index contributed by atoms with van der Waals surface area (Å²) in [5, 5.41) is 38.1. The zero-order chi connectivity index (χ0) is 21.1. The largest absolute Gasteiger partial charge is 0.282 e. The maximum Gasteiger partial charge on any atom is 0.182 e. The van der Waals surface area contributed by atoms with E-state index < -0.39 is 11.7 Å². The first-order chi connectivity index (χ1) is 14.5. The molecule has 0 fully saturated rings. The van der Waals surface area contributed by atoms with Crippen molar-refractivity contribution in [2.45, 2.75) is 13.0 Å². The Balaban J connectivity index is 1.55. The Morgan fingerprint density at radius 3 is 2.77 bits per heavy atom. The van der Waals surface area contributed by atoms with Gasteiger partial charge in [-0.2, -0.15) is 0 Å². The molecule has 0 spiro atoms. The second kappa shape index (κ2) is 8.35. The van der Waals surface area contributed by atoms with E-state index in [1.807, 2.05) is 30.3 Å². The number of nitrogens with one attached hydrogen (secondary N) is 1. The second-order valence-corrected chi connectivity index (χ2v) is 6.64. The fraction of sp³-hybridized carbons (Fsp3) is 0.111. The van der Waals surface area contributed by atoms with Gasteiger partial charge in [-0.3, -0.25) is 10.6 Å². The molecule has 10 nitrogen and oxygen atoms in total. The average Bonchev–Trinajstić information content (AvgIpc) is 3.40. The van der Waals surface area contributed by atoms with Crippen molar-refractivity contribution in [1.82, 2.24) is 30.5 Å². The molecule has 12 heteroatoms. The van der Waals surface area contributed by atoms with Gasteiger partial charge in [0.15, 0.2) is 17.4 Å². The van der Waals surface area contributed by atoms with Crippen LogP contribution < -0.4 is 5.06 Å². The van der Waals surface area contributed by atoms with Crippen LogP contribution in [-0.4, -0.2) is 41.6 Å². The van der Waals surface area contributed by atoms with Crippen molar-refractivity contribution in [3.05, 3.63) is 82.1 Å². The Morgan fingerprint density at radius 2 is 2.00 bits per heavy atom. The Morgan fingerprint density at radius 1 is 1.20 bits per heavy atom. The number of rotatable bonds is 6. The van der Waals surface area contributed by atoms with Gasteiger partial charge in [0.05, 0.1) is 17.3 Å². The highest BCUT2D eigenvalue weighted by Gasteiger charge is 2.23. The second-order valence-electron chi connectivity index (χ2n) is 6.23. The Labute approximate surface area is 173 Å². The van der Waals surface area contributed by atoms with E-state index in [2.05, 4.69) is 25.8 Å². The molecule has 0 amide bonds. The minimum Gasteiger partial charge on any atom is -0.282 e. The number of halogens is 2. The van der Waals surface area contributed by atoms with Crippen molar-refractivity contribution in [3.8, 4) is 0 Å².